The number of fused-ring (bicyclic) bond motifs is 3. The first-order valence-electron chi connectivity index (χ1n) is 8.96. The SMILES string of the molecule is Clc1cccc(-c2cc3c4c(c2)[C@@H]2CNCC[C@@H]2N4CCCS3)c1Cl. The van der Waals surface area contributed by atoms with Gasteiger partial charge in [-0.3, -0.25) is 0 Å². The normalized spacial score (nSPS) is 24.6. The lowest BCUT2D eigenvalue weighted by atomic mass is 9.88. The molecule has 2 aromatic carbocycles. The second-order valence-electron chi connectivity index (χ2n) is 7.08. The van der Waals surface area contributed by atoms with Crippen LogP contribution in [0.2, 0.25) is 10.0 Å². The van der Waals surface area contributed by atoms with E-state index < -0.39 is 0 Å². The molecule has 1 fully saturated rings. The average Bonchev–Trinajstić information content (AvgIpc) is 2.79. The van der Waals surface area contributed by atoms with E-state index in [1.54, 1.807) is 0 Å². The van der Waals surface area contributed by atoms with E-state index in [0.717, 1.165) is 18.7 Å². The molecule has 3 heterocycles. The fraction of sp³-hybridized carbons (Fsp3) is 0.400. The molecule has 0 spiro atoms. The van der Waals surface area contributed by atoms with Gasteiger partial charge in [0.1, 0.15) is 0 Å². The van der Waals surface area contributed by atoms with Gasteiger partial charge in [0.25, 0.3) is 0 Å². The molecule has 2 atom stereocenters. The molecule has 0 amide bonds. The molecule has 0 unspecified atom stereocenters. The summed E-state index contributed by atoms with van der Waals surface area (Å²) in [7, 11) is 0. The highest BCUT2D eigenvalue weighted by atomic mass is 35.5. The van der Waals surface area contributed by atoms with Crippen molar-refractivity contribution in [2.24, 2.45) is 0 Å². The lowest BCUT2D eigenvalue weighted by molar-refractivity contribution is 0.403. The molecule has 1 saturated heterocycles. The fourth-order valence-electron chi connectivity index (χ4n) is 4.61. The molecule has 5 rings (SSSR count). The molecule has 3 aliphatic rings. The molecule has 1 N–H and O–H groups in total. The molecule has 0 saturated carbocycles. The lowest BCUT2D eigenvalue weighted by Crippen LogP contribution is -2.44. The van der Waals surface area contributed by atoms with E-state index in [1.165, 1.54) is 46.8 Å². The first-order chi connectivity index (χ1) is 12.2. The third kappa shape index (κ3) is 2.59. The van der Waals surface area contributed by atoms with E-state index in [1.807, 2.05) is 23.9 Å². The quantitative estimate of drug-likeness (QED) is 0.699. The maximum Gasteiger partial charge on any atom is 0.0670 e. The van der Waals surface area contributed by atoms with Gasteiger partial charge in [-0.15, -0.1) is 11.8 Å². The molecule has 0 aliphatic carbocycles. The van der Waals surface area contributed by atoms with Crippen LogP contribution in [0.3, 0.4) is 0 Å². The molecule has 0 bridgehead atoms. The van der Waals surface area contributed by atoms with E-state index in [0.29, 0.717) is 22.0 Å². The number of anilines is 1. The van der Waals surface area contributed by atoms with Crippen molar-refractivity contribution in [3.05, 3.63) is 45.9 Å². The third-order valence-corrected chi connectivity index (χ3v) is 7.63. The number of nitrogens with zero attached hydrogens (tertiary/aromatic N) is 1. The molecule has 130 valence electrons. The number of thioether (sulfide) groups is 1. The lowest BCUT2D eigenvalue weighted by Gasteiger charge is -2.33. The maximum atomic E-state index is 6.52. The standard InChI is InChI=1S/C20H20Cl2N2S/c21-16-4-1-3-13(19(16)22)12-9-14-15-11-23-6-5-17(15)24-7-2-8-25-18(10-12)20(14)24/h1,3-4,9-10,15,17,23H,2,5-8,11H2/t15-,17-/m0/s1. The number of hydrogen-bond donors (Lipinski definition) is 1. The highest BCUT2D eigenvalue weighted by Gasteiger charge is 2.41. The van der Waals surface area contributed by atoms with Gasteiger partial charge in [-0.1, -0.05) is 35.3 Å². The summed E-state index contributed by atoms with van der Waals surface area (Å²) in [4.78, 5) is 4.11. The van der Waals surface area contributed by atoms with Gasteiger partial charge in [0.15, 0.2) is 0 Å². The van der Waals surface area contributed by atoms with Gasteiger partial charge < -0.3 is 10.2 Å². The Morgan fingerprint density at radius 3 is 3.04 bits per heavy atom. The zero-order valence-electron chi connectivity index (χ0n) is 13.9. The van der Waals surface area contributed by atoms with Gasteiger partial charge in [0.2, 0.25) is 0 Å². The van der Waals surface area contributed by atoms with Crippen molar-refractivity contribution in [2.75, 3.05) is 30.3 Å². The topological polar surface area (TPSA) is 15.3 Å². The van der Waals surface area contributed by atoms with E-state index >= 15 is 0 Å². The summed E-state index contributed by atoms with van der Waals surface area (Å²) in [6, 6.07) is 11.3. The second kappa shape index (κ2) is 6.38. The predicted octanol–water partition coefficient (Wildman–Crippen LogP) is 5.42. The summed E-state index contributed by atoms with van der Waals surface area (Å²) in [5.74, 6) is 1.77. The Hall–Kier alpha value is -0.870. The van der Waals surface area contributed by atoms with Crippen LogP contribution in [0.15, 0.2) is 35.2 Å². The Morgan fingerprint density at radius 1 is 1.20 bits per heavy atom. The average molecular weight is 391 g/mol. The minimum atomic E-state index is 0.583. The van der Waals surface area contributed by atoms with Crippen molar-refractivity contribution < 1.29 is 0 Å². The van der Waals surface area contributed by atoms with E-state index in [2.05, 4.69) is 28.4 Å². The summed E-state index contributed by atoms with van der Waals surface area (Å²) < 4.78 is 0. The van der Waals surface area contributed by atoms with Crippen LogP contribution in [0, 0.1) is 0 Å². The van der Waals surface area contributed by atoms with Crippen molar-refractivity contribution >= 4 is 40.7 Å². The molecule has 3 aliphatic heterocycles. The molecule has 2 nitrogen and oxygen atoms in total. The van der Waals surface area contributed by atoms with Gasteiger partial charge in [-0.2, -0.15) is 0 Å². The Balaban J connectivity index is 1.70. The summed E-state index contributed by atoms with van der Waals surface area (Å²) in [6.45, 7) is 3.39. The van der Waals surface area contributed by atoms with Crippen LogP contribution in [-0.4, -0.2) is 31.4 Å². The number of hydrogen-bond acceptors (Lipinski definition) is 3. The first-order valence-corrected chi connectivity index (χ1v) is 10.7. The van der Waals surface area contributed by atoms with Crippen LogP contribution in [0.5, 0.6) is 0 Å². The summed E-state index contributed by atoms with van der Waals surface area (Å²) in [5, 5.41) is 4.87. The van der Waals surface area contributed by atoms with Crippen molar-refractivity contribution in [3.63, 3.8) is 0 Å². The van der Waals surface area contributed by atoms with Crippen molar-refractivity contribution in [1.29, 1.82) is 0 Å². The van der Waals surface area contributed by atoms with E-state index in [9.17, 15) is 0 Å². The van der Waals surface area contributed by atoms with Crippen molar-refractivity contribution in [1.82, 2.24) is 5.32 Å². The second-order valence-corrected chi connectivity index (χ2v) is 9.00. The molecular formula is C20H20Cl2N2S. The van der Waals surface area contributed by atoms with Gasteiger partial charge >= 0.3 is 0 Å². The van der Waals surface area contributed by atoms with Gasteiger partial charge in [0.05, 0.1) is 15.7 Å². The largest absolute Gasteiger partial charge is 0.367 e. The molecule has 0 aromatic heterocycles. The van der Waals surface area contributed by atoms with Crippen molar-refractivity contribution in [2.45, 2.75) is 29.7 Å². The highest BCUT2D eigenvalue weighted by Crippen LogP contribution is 2.51. The van der Waals surface area contributed by atoms with E-state index in [-0.39, 0.29) is 0 Å². The van der Waals surface area contributed by atoms with Crippen LogP contribution in [-0.2, 0) is 0 Å². The van der Waals surface area contributed by atoms with Gasteiger partial charge in [0, 0.05) is 35.5 Å². The Bertz CT molecular complexity index is 839. The number of rotatable bonds is 1. The molecule has 25 heavy (non-hydrogen) atoms. The van der Waals surface area contributed by atoms with Crippen LogP contribution in [0.1, 0.15) is 24.3 Å². The molecular weight excluding hydrogens is 371 g/mol. The fourth-order valence-corrected chi connectivity index (χ4v) is 6.09. The summed E-state index contributed by atoms with van der Waals surface area (Å²) in [6.07, 6.45) is 2.49. The monoisotopic (exact) mass is 390 g/mol. The Morgan fingerprint density at radius 2 is 2.12 bits per heavy atom. The third-order valence-electron chi connectivity index (χ3n) is 5.70. The maximum absolute atomic E-state index is 6.52. The zero-order valence-corrected chi connectivity index (χ0v) is 16.2. The minimum Gasteiger partial charge on any atom is -0.367 e. The molecule has 5 heteroatoms. The Labute approximate surface area is 162 Å². The van der Waals surface area contributed by atoms with Crippen molar-refractivity contribution in [3.8, 4) is 11.1 Å². The van der Waals surface area contributed by atoms with Crippen LogP contribution < -0.4 is 10.2 Å². The van der Waals surface area contributed by atoms with Crippen LogP contribution >= 0.6 is 35.0 Å². The minimum absolute atomic E-state index is 0.583. The van der Waals surface area contributed by atoms with Crippen LogP contribution in [0.4, 0.5) is 5.69 Å². The predicted molar refractivity (Wildman–Crippen MR) is 109 cm³/mol. The summed E-state index contributed by atoms with van der Waals surface area (Å²) >= 11 is 14.8. The van der Waals surface area contributed by atoms with Gasteiger partial charge in [-0.25, -0.2) is 0 Å². The zero-order chi connectivity index (χ0) is 17.0. The highest BCUT2D eigenvalue weighted by molar-refractivity contribution is 7.99. The molecule has 2 aromatic rings. The van der Waals surface area contributed by atoms with Gasteiger partial charge in [-0.05, 0) is 54.5 Å². The van der Waals surface area contributed by atoms with E-state index in [4.69, 9.17) is 23.2 Å². The van der Waals surface area contributed by atoms with Crippen LogP contribution in [0.25, 0.3) is 11.1 Å². The number of halogens is 2. The summed E-state index contributed by atoms with van der Waals surface area (Å²) in [5.41, 5.74) is 5.22. The number of piperidine rings is 1. The molecule has 0 radical (unpaired) electrons. The first kappa shape index (κ1) is 16.3. The number of benzene rings is 2. The Kier molecular flexibility index (Phi) is 4.16. The number of nitrogens with one attached hydrogen (secondary N) is 1. The smallest absolute Gasteiger partial charge is 0.0670 e.